The Morgan fingerprint density at radius 1 is 0.508 bits per heavy atom. The highest BCUT2D eigenvalue weighted by Gasteiger charge is 2.23. The molecule has 0 heterocycles. The summed E-state index contributed by atoms with van der Waals surface area (Å²) in [5.41, 5.74) is 0. The first kappa shape index (κ1) is 57.9. The molecule has 61 heavy (non-hydrogen) atoms. The summed E-state index contributed by atoms with van der Waals surface area (Å²) in [7, 11) is -4.44. The maximum atomic E-state index is 12.1. The molecule has 10 heteroatoms. The first-order chi connectivity index (χ1) is 29.8. The van der Waals surface area contributed by atoms with E-state index in [4.69, 9.17) is 13.8 Å². The van der Waals surface area contributed by atoms with Crippen LogP contribution in [-0.2, 0) is 27.9 Å². The number of hydrogen-bond donors (Lipinski definition) is 3. The van der Waals surface area contributed by atoms with E-state index in [2.05, 4.69) is 116 Å². The third kappa shape index (κ3) is 47.8. The van der Waals surface area contributed by atoms with Gasteiger partial charge in [0, 0.05) is 19.4 Å². The summed E-state index contributed by atoms with van der Waals surface area (Å²) in [5.74, 6) is -0.591. The van der Waals surface area contributed by atoms with E-state index in [0.717, 1.165) is 77.0 Å². The number of phosphoric ester groups is 1. The predicted molar refractivity (Wildman–Crippen MR) is 256 cm³/mol. The molecule has 0 aromatic rings. The van der Waals surface area contributed by atoms with Gasteiger partial charge in [0.2, 0.25) is 5.91 Å². The molecule has 1 amide bonds. The summed E-state index contributed by atoms with van der Waals surface area (Å²) < 4.78 is 26.9. The van der Waals surface area contributed by atoms with Crippen LogP contribution >= 0.6 is 7.82 Å². The molecule has 0 aromatic carbocycles. The van der Waals surface area contributed by atoms with Crippen molar-refractivity contribution in [2.24, 2.45) is 0 Å². The zero-order valence-corrected chi connectivity index (χ0v) is 39.2. The number of phosphoric acid groups is 1. The lowest BCUT2D eigenvalue weighted by atomic mass is 10.1. The molecule has 2 unspecified atom stereocenters. The molecule has 0 spiro atoms. The van der Waals surface area contributed by atoms with Crippen molar-refractivity contribution in [2.45, 2.75) is 187 Å². The van der Waals surface area contributed by atoms with Gasteiger partial charge in [0.05, 0.1) is 13.2 Å². The Balaban J connectivity index is 3.70. The first-order valence-corrected chi connectivity index (χ1v) is 25.2. The van der Waals surface area contributed by atoms with Crippen LogP contribution in [0.2, 0.25) is 0 Å². The molecule has 0 rings (SSSR count). The van der Waals surface area contributed by atoms with Crippen molar-refractivity contribution < 1.29 is 37.9 Å². The standard InChI is InChI=1S/C51H86NO8P/c1-3-5-7-9-11-13-15-17-19-21-22-23-24-25-26-28-30-32-34-36-38-40-42-44-51(55)58-47-49(53)48-60-61(56,57)59-46-45-52-50(54)43-41-39-37-35-33-31-29-27-20-18-16-14-12-10-8-6-4-2/h11-14,17-20,22-23,25-26,29,31,35,37,49,53H,3-10,15-16,21,24,27-28,30,32-34,36,38-48H2,1-2H3,(H,52,54)(H,56,57)/b13-11-,14-12-,19-17-,20-18-,23-22-,26-25-,31-29-,37-35-. The van der Waals surface area contributed by atoms with E-state index in [-0.39, 0.29) is 32.1 Å². The molecule has 348 valence electrons. The summed E-state index contributed by atoms with van der Waals surface area (Å²) in [6, 6.07) is 0. The average Bonchev–Trinajstić information content (AvgIpc) is 3.25. The Morgan fingerprint density at radius 3 is 1.36 bits per heavy atom. The number of ether oxygens (including phenoxy) is 1. The molecule has 0 aliphatic rings. The van der Waals surface area contributed by atoms with Gasteiger partial charge in [-0.15, -0.1) is 0 Å². The molecule has 0 bridgehead atoms. The Kier molecular flexibility index (Phi) is 44.1. The fraction of sp³-hybridized carbons (Fsp3) is 0.647. The van der Waals surface area contributed by atoms with Gasteiger partial charge in [-0.2, -0.15) is 0 Å². The van der Waals surface area contributed by atoms with Gasteiger partial charge in [-0.3, -0.25) is 18.6 Å². The number of carbonyl (C=O) groups excluding carboxylic acids is 2. The highest BCUT2D eigenvalue weighted by Crippen LogP contribution is 2.42. The Labute approximate surface area is 372 Å². The van der Waals surface area contributed by atoms with Crippen molar-refractivity contribution in [1.29, 1.82) is 0 Å². The van der Waals surface area contributed by atoms with Crippen LogP contribution in [0.25, 0.3) is 0 Å². The summed E-state index contributed by atoms with van der Waals surface area (Å²) in [6.07, 6.45) is 60.6. The normalized spacial score (nSPS) is 14.1. The SMILES string of the molecule is CCCCC/C=C\C/C=C\C/C=C\C/C=C\CCCCCCCCCC(=O)OCC(O)COP(=O)(O)OCCNC(=O)CCC/C=C\C/C=C\C/C=C\C/C=C\CCCCC. The third-order valence-corrected chi connectivity index (χ3v) is 10.5. The number of carbonyl (C=O) groups is 2. The van der Waals surface area contributed by atoms with E-state index in [9.17, 15) is 24.2 Å². The molecule has 0 aliphatic carbocycles. The van der Waals surface area contributed by atoms with Gasteiger partial charge in [-0.1, -0.05) is 169 Å². The molecule has 0 saturated heterocycles. The van der Waals surface area contributed by atoms with Crippen molar-refractivity contribution in [3.63, 3.8) is 0 Å². The average molecular weight is 872 g/mol. The van der Waals surface area contributed by atoms with Crippen LogP contribution in [-0.4, -0.2) is 54.3 Å². The highest BCUT2D eigenvalue weighted by atomic mass is 31.2. The summed E-state index contributed by atoms with van der Waals surface area (Å²) in [5, 5.41) is 12.7. The Bertz CT molecular complexity index is 1320. The van der Waals surface area contributed by atoms with Gasteiger partial charge >= 0.3 is 13.8 Å². The van der Waals surface area contributed by atoms with Gasteiger partial charge in [-0.25, -0.2) is 4.57 Å². The molecule has 2 atom stereocenters. The first-order valence-electron chi connectivity index (χ1n) is 23.7. The number of aliphatic hydroxyl groups is 1. The summed E-state index contributed by atoms with van der Waals surface area (Å²) >= 11 is 0. The summed E-state index contributed by atoms with van der Waals surface area (Å²) in [4.78, 5) is 34.0. The van der Waals surface area contributed by atoms with Crippen molar-refractivity contribution >= 4 is 19.7 Å². The number of nitrogens with one attached hydrogen (secondary N) is 1. The Morgan fingerprint density at radius 2 is 0.902 bits per heavy atom. The number of hydrogen-bond acceptors (Lipinski definition) is 7. The second-order valence-corrected chi connectivity index (χ2v) is 16.8. The minimum absolute atomic E-state index is 0.0456. The van der Waals surface area contributed by atoms with E-state index in [1.807, 2.05) is 0 Å². The molecule has 0 aromatic heterocycles. The van der Waals surface area contributed by atoms with E-state index < -0.39 is 26.5 Å². The second-order valence-electron chi connectivity index (χ2n) is 15.4. The lowest BCUT2D eigenvalue weighted by molar-refractivity contribution is -0.147. The predicted octanol–water partition coefficient (Wildman–Crippen LogP) is 13.8. The smallest absolute Gasteiger partial charge is 0.463 e. The molecule has 0 aliphatic heterocycles. The maximum Gasteiger partial charge on any atom is 0.472 e. The number of allylic oxidation sites excluding steroid dienone is 16. The minimum Gasteiger partial charge on any atom is -0.463 e. The van der Waals surface area contributed by atoms with Gasteiger partial charge in [0.25, 0.3) is 0 Å². The molecule has 9 nitrogen and oxygen atoms in total. The molecular weight excluding hydrogens is 786 g/mol. The van der Waals surface area contributed by atoms with E-state index in [1.54, 1.807) is 0 Å². The fourth-order valence-corrected chi connectivity index (χ4v) is 6.64. The lowest BCUT2D eigenvalue weighted by Crippen LogP contribution is -2.27. The van der Waals surface area contributed by atoms with Crippen LogP contribution in [0.5, 0.6) is 0 Å². The largest absolute Gasteiger partial charge is 0.472 e. The molecular formula is C51H86NO8P. The molecule has 0 radical (unpaired) electrons. The van der Waals surface area contributed by atoms with Crippen LogP contribution < -0.4 is 5.32 Å². The number of amides is 1. The number of aliphatic hydroxyl groups excluding tert-OH is 1. The third-order valence-electron chi connectivity index (χ3n) is 9.49. The van der Waals surface area contributed by atoms with Crippen molar-refractivity contribution in [2.75, 3.05) is 26.4 Å². The van der Waals surface area contributed by atoms with Gasteiger partial charge in [0.15, 0.2) is 0 Å². The number of rotatable bonds is 43. The molecule has 0 saturated carbocycles. The van der Waals surface area contributed by atoms with Crippen molar-refractivity contribution in [1.82, 2.24) is 5.32 Å². The van der Waals surface area contributed by atoms with Crippen LogP contribution in [0, 0.1) is 0 Å². The van der Waals surface area contributed by atoms with E-state index in [1.165, 1.54) is 70.6 Å². The topological polar surface area (TPSA) is 131 Å². The molecule has 3 N–H and O–H groups in total. The second kappa shape index (κ2) is 46.4. The van der Waals surface area contributed by atoms with Crippen molar-refractivity contribution in [3.8, 4) is 0 Å². The van der Waals surface area contributed by atoms with Crippen molar-refractivity contribution in [3.05, 3.63) is 97.2 Å². The zero-order chi connectivity index (χ0) is 44.6. The minimum atomic E-state index is -4.44. The van der Waals surface area contributed by atoms with Crippen LogP contribution in [0.4, 0.5) is 0 Å². The quantitative estimate of drug-likeness (QED) is 0.0239. The molecule has 0 fully saturated rings. The Hall–Kier alpha value is -3.07. The van der Waals surface area contributed by atoms with Crippen LogP contribution in [0.1, 0.15) is 181 Å². The summed E-state index contributed by atoms with van der Waals surface area (Å²) in [6.45, 7) is 3.40. The maximum absolute atomic E-state index is 12.1. The van der Waals surface area contributed by atoms with Crippen LogP contribution in [0.15, 0.2) is 97.2 Å². The van der Waals surface area contributed by atoms with E-state index in [0.29, 0.717) is 12.8 Å². The van der Waals surface area contributed by atoms with E-state index >= 15 is 0 Å². The zero-order valence-electron chi connectivity index (χ0n) is 38.3. The lowest BCUT2D eigenvalue weighted by Gasteiger charge is -2.15. The highest BCUT2D eigenvalue weighted by molar-refractivity contribution is 7.47. The van der Waals surface area contributed by atoms with Gasteiger partial charge in [0.1, 0.15) is 12.7 Å². The van der Waals surface area contributed by atoms with Crippen LogP contribution in [0.3, 0.4) is 0 Å². The monoisotopic (exact) mass is 872 g/mol. The fourth-order valence-electron chi connectivity index (χ4n) is 5.88. The van der Waals surface area contributed by atoms with Gasteiger partial charge in [-0.05, 0) is 96.3 Å². The van der Waals surface area contributed by atoms with Gasteiger partial charge < -0.3 is 20.1 Å². The number of unbranched alkanes of at least 4 members (excludes halogenated alkanes) is 14. The number of esters is 1.